The van der Waals surface area contributed by atoms with Crippen LogP contribution in [0.2, 0.25) is 0 Å². The molecule has 0 amide bonds. The average molecular weight is 284 g/mol. The van der Waals surface area contributed by atoms with E-state index in [0.29, 0.717) is 0 Å². The monoisotopic (exact) mass is 284 g/mol. The van der Waals surface area contributed by atoms with Crippen LogP contribution in [0.5, 0.6) is 0 Å². The Hall–Kier alpha value is -0.781. The van der Waals surface area contributed by atoms with Crippen LogP contribution in [-0.4, -0.2) is 0 Å². The van der Waals surface area contributed by atoms with Crippen molar-refractivity contribution in [1.29, 1.82) is 0 Å². The minimum atomic E-state index is 0. The van der Waals surface area contributed by atoms with Gasteiger partial charge in [-0.05, 0) is 0 Å². The van der Waals surface area contributed by atoms with Crippen LogP contribution in [0.1, 0.15) is 44.6 Å². The molecule has 2 aromatic carbocycles. The molecular formula is C17H24Fe. The third kappa shape index (κ3) is 9.27. The van der Waals surface area contributed by atoms with Gasteiger partial charge in [-0.2, -0.15) is 35.9 Å². The molecule has 0 fully saturated rings. The third-order valence-electron chi connectivity index (χ3n) is 2.86. The molecule has 0 aliphatic carbocycles. The van der Waals surface area contributed by atoms with Crippen LogP contribution in [0.25, 0.3) is 0 Å². The molecule has 0 unspecified atom stereocenters. The summed E-state index contributed by atoms with van der Waals surface area (Å²) in [7, 11) is 0. The van der Waals surface area contributed by atoms with Crippen molar-refractivity contribution in [2.75, 3.05) is 0 Å². The van der Waals surface area contributed by atoms with Crippen molar-refractivity contribution in [3.8, 4) is 0 Å². The number of hydrogen-bond acceptors (Lipinski definition) is 0. The molecule has 0 atom stereocenters. The van der Waals surface area contributed by atoms with Crippen molar-refractivity contribution < 1.29 is 17.1 Å². The number of rotatable bonds is 6. The molecular weight excluding hydrogens is 260 g/mol. The molecule has 0 N–H and O–H groups in total. The van der Waals surface area contributed by atoms with Gasteiger partial charge in [0, 0.05) is 0 Å². The first kappa shape index (κ1) is 17.2. The summed E-state index contributed by atoms with van der Waals surface area (Å²) in [6.07, 6.45) is 8.20. The summed E-state index contributed by atoms with van der Waals surface area (Å²) in [5, 5.41) is 0. The molecule has 100 valence electrons. The van der Waals surface area contributed by atoms with Crippen molar-refractivity contribution in [1.82, 2.24) is 0 Å². The van der Waals surface area contributed by atoms with Gasteiger partial charge in [0.25, 0.3) is 0 Å². The molecule has 0 bridgehead atoms. The third-order valence-corrected chi connectivity index (χ3v) is 2.86. The molecule has 18 heavy (non-hydrogen) atoms. The van der Waals surface area contributed by atoms with E-state index in [1.165, 1.54) is 44.1 Å². The van der Waals surface area contributed by atoms with E-state index in [1.54, 1.807) is 0 Å². The van der Waals surface area contributed by atoms with E-state index in [2.05, 4.69) is 31.2 Å². The summed E-state index contributed by atoms with van der Waals surface area (Å²) in [5.74, 6) is 0. The van der Waals surface area contributed by atoms with Crippen LogP contribution in [0.4, 0.5) is 0 Å². The van der Waals surface area contributed by atoms with Crippen molar-refractivity contribution in [3.63, 3.8) is 0 Å². The van der Waals surface area contributed by atoms with E-state index in [1.807, 2.05) is 30.3 Å². The first-order chi connectivity index (χ1) is 8.43. The van der Waals surface area contributed by atoms with Crippen LogP contribution < -0.4 is 0 Å². The number of unbranched alkanes of at least 4 members (excludes halogenated alkanes) is 4. The minimum absolute atomic E-state index is 0. The summed E-state index contributed by atoms with van der Waals surface area (Å²) < 4.78 is 0. The van der Waals surface area contributed by atoms with Gasteiger partial charge in [-0.1, -0.05) is 45.4 Å². The molecule has 2 rings (SSSR count). The van der Waals surface area contributed by atoms with Gasteiger partial charge in [0.1, 0.15) is 0 Å². The topological polar surface area (TPSA) is 0 Å². The molecule has 0 nitrogen and oxygen atoms in total. The first-order valence-corrected chi connectivity index (χ1v) is 6.80. The molecule has 0 saturated heterocycles. The maximum atomic E-state index is 2.26. The van der Waals surface area contributed by atoms with E-state index in [0.717, 1.165) is 0 Å². The largest absolute Gasteiger partial charge is 2.00 e. The zero-order valence-electron chi connectivity index (χ0n) is 11.3. The second kappa shape index (κ2) is 12.7. The standard InChI is InChI=1S/C12H19.C5H5.Fe/c1-2-3-4-5-6-9-12-10-7-8-11-12;1-2-4-5-3-1;/h7-8,10-11H,2-6,9H2,1H3;1-5H;/q2*-1;+2. The van der Waals surface area contributed by atoms with Gasteiger partial charge < -0.3 is 0 Å². The quantitative estimate of drug-likeness (QED) is 0.382. The molecule has 2 aromatic rings. The Labute approximate surface area is 123 Å². The van der Waals surface area contributed by atoms with Crippen molar-refractivity contribution in [3.05, 3.63) is 60.2 Å². The predicted molar refractivity (Wildman–Crippen MR) is 76.5 cm³/mol. The molecule has 0 radical (unpaired) electrons. The summed E-state index contributed by atoms with van der Waals surface area (Å²) in [6.45, 7) is 2.26. The summed E-state index contributed by atoms with van der Waals surface area (Å²) in [6, 6.07) is 18.7. The Kier molecular flexibility index (Phi) is 12.1. The van der Waals surface area contributed by atoms with Crippen molar-refractivity contribution >= 4 is 0 Å². The molecule has 0 spiro atoms. The summed E-state index contributed by atoms with van der Waals surface area (Å²) in [5.41, 5.74) is 1.51. The van der Waals surface area contributed by atoms with Gasteiger partial charge in [0.05, 0.1) is 0 Å². The zero-order chi connectivity index (χ0) is 12.2. The minimum Gasteiger partial charge on any atom is -0.214 e. The Bertz CT molecular complexity index is 301. The molecule has 0 aromatic heterocycles. The normalized spacial score (nSPS) is 9.17. The summed E-state index contributed by atoms with van der Waals surface area (Å²) in [4.78, 5) is 0. The van der Waals surface area contributed by atoms with Crippen LogP contribution in [0.3, 0.4) is 0 Å². The van der Waals surface area contributed by atoms with Gasteiger partial charge >= 0.3 is 17.1 Å². The fourth-order valence-corrected chi connectivity index (χ4v) is 1.83. The SMILES string of the molecule is CCCCCCCc1ccc[cH-]1.[Fe+2].c1cc[cH-]c1. The van der Waals surface area contributed by atoms with E-state index < -0.39 is 0 Å². The van der Waals surface area contributed by atoms with Gasteiger partial charge in [0.15, 0.2) is 0 Å². The second-order valence-corrected chi connectivity index (χ2v) is 4.42. The molecule has 1 heteroatoms. The van der Waals surface area contributed by atoms with Gasteiger partial charge in [-0.25, -0.2) is 24.3 Å². The van der Waals surface area contributed by atoms with Crippen LogP contribution in [0.15, 0.2) is 54.6 Å². The smallest absolute Gasteiger partial charge is 0.214 e. The molecule has 0 heterocycles. The van der Waals surface area contributed by atoms with Crippen LogP contribution in [-0.2, 0) is 23.5 Å². The second-order valence-electron chi connectivity index (χ2n) is 4.42. The zero-order valence-corrected chi connectivity index (χ0v) is 12.4. The van der Waals surface area contributed by atoms with Crippen LogP contribution in [0, 0.1) is 0 Å². The van der Waals surface area contributed by atoms with Gasteiger partial charge in [-0.15, -0.1) is 0 Å². The average Bonchev–Trinajstić information content (AvgIpc) is 3.05. The molecule has 0 aliphatic rings. The fraction of sp³-hybridized carbons (Fsp3) is 0.412. The molecule has 0 saturated carbocycles. The van der Waals surface area contributed by atoms with Gasteiger partial charge in [0.2, 0.25) is 0 Å². The Balaban J connectivity index is 0.000000405. The first-order valence-electron chi connectivity index (χ1n) is 6.80. The Morgan fingerprint density at radius 3 is 2.11 bits per heavy atom. The number of hydrogen-bond donors (Lipinski definition) is 0. The fourth-order valence-electron chi connectivity index (χ4n) is 1.83. The summed E-state index contributed by atoms with van der Waals surface area (Å²) >= 11 is 0. The Morgan fingerprint density at radius 2 is 1.61 bits per heavy atom. The van der Waals surface area contributed by atoms with E-state index >= 15 is 0 Å². The van der Waals surface area contributed by atoms with E-state index in [4.69, 9.17) is 0 Å². The molecule has 0 aliphatic heterocycles. The maximum Gasteiger partial charge on any atom is 2.00 e. The van der Waals surface area contributed by atoms with Crippen molar-refractivity contribution in [2.45, 2.75) is 45.4 Å². The predicted octanol–water partition coefficient (Wildman–Crippen LogP) is 5.32. The van der Waals surface area contributed by atoms with E-state index in [9.17, 15) is 0 Å². The maximum absolute atomic E-state index is 2.26. The van der Waals surface area contributed by atoms with Crippen molar-refractivity contribution in [2.24, 2.45) is 0 Å². The number of aryl methyl sites for hydroxylation is 1. The Morgan fingerprint density at radius 1 is 0.889 bits per heavy atom. The van der Waals surface area contributed by atoms with E-state index in [-0.39, 0.29) is 17.1 Å². The van der Waals surface area contributed by atoms with Crippen LogP contribution >= 0.6 is 0 Å². The van der Waals surface area contributed by atoms with Gasteiger partial charge in [-0.3, -0.25) is 0 Å².